The summed E-state index contributed by atoms with van der Waals surface area (Å²) in [5.74, 6) is 0. The molecule has 0 unspecified atom stereocenters. The van der Waals surface area contributed by atoms with Gasteiger partial charge in [-0.25, -0.2) is 0 Å². The zero-order valence-corrected chi connectivity index (χ0v) is 15.3. The van der Waals surface area contributed by atoms with Gasteiger partial charge in [0.05, 0.1) is 11.9 Å². The zero-order valence-electron chi connectivity index (χ0n) is 14.5. The van der Waals surface area contributed by atoms with Crippen LogP contribution < -0.4 is 0 Å². The van der Waals surface area contributed by atoms with Crippen LogP contribution in [-0.2, 0) is 14.2 Å². The minimum absolute atomic E-state index is 0.0648. The predicted octanol–water partition coefficient (Wildman–Crippen LogP) is 3.61. The SMILES string of the molecule is CCCCOC[C@H]1S[C@H](O)[C@H](OCCCC)[C@@H]1OCCCC. The molecular formula is C17H34O4S. The van der Waals surface area contributed by atoms with E-state index >= 15 is 0 Å². The van der Waals surface area contributed by atoms with Crippen LogP contribution in [0.1, 0.15) is 59.3 Å². The van der Waals surface area contributed by atoms with Gasteiger partial charge in [0.2, 0.25) is 0 Å². The summed E-state index contributed by atoms with van der Waals surface area (Å²) in [5, 5.41) is 10.5. The third-order valence-electron chi connectivity index (χ3n) is 3.83. The molecule has 0 spiro atoms. The summed E-state index contributed by atoms with van der Waals surface area (Å²) in [5.41, 5.74) is -0.511. The highest BCUT2D eigenvalue weighted by molar-refractivity contribution is 8.00. The molecule has 0 aliphatic carbocycles. The van der Waals surface area contributed by atoms with Gasteiger partial charge in [-0.3, -0.25) is 0 Å². The van der Waals surface area contributed by atoms with Gasteiger partial charge in [-0.1, -0.05) is 40.0 Å². The third-order valence-corrected chi connectivity index (χ3v) is 5.13. The van der Waals surface area contributed by atoms with E-state index in [1.807, 2.05) is 0 Å². The number of aliphatic hydroxyl groups excluding tert-OH is 1. The lowest BCUT2D eigenvalue weighted by molar-refractivity contribution is -0.0969. The van der Waals surface area contributed by atoms with E-state index in [0.29, 0.717) is 13.2 Å². The average molecular weight is 335 g/mol. The van der Waals surface area contributed by atoms with Crippen molar-refractivity contribution in [2.24, 2.45) is 0 Å². The minimum atomic E-state index is -0.511. The van der Waals surface area contributed by atoms with E-state index in [9.17, 15) is 5.11 Å². The van der Waals surface area contributed by atoms with Gasteiger partial charge in [0.15, 0.2) is 0 Å². The predicted molar refractivity (Wildman–Crippen MR) is 92.4 cm³/mol. The Bertz CT molecular complexity index is 265. The zero-order chi connectivity index (χ0) is 16.2. The number of rotatable bonds is 13. The van der Waals surface area contributed by atoms with Crippen LogP contribution in [0, 0.1) is 0 Å². The van der Waals surface area contributed by atoms with Gasteiger partial charge in [-0.15, -0.1) is 11.8 Å². The van der Waals surface area contributed by atoms with Crippen molar-refractivity contribution in [2.75, 3.05) is 26.4 Å². The van der Waals surface area contributed by atoms with Crippen molar-refractivity contribution in [3.63, 3.8) is 0 Å². The Kier molecular flexibility index (Phi) is 11.6. The van der Waals surface area contributed by atoms with Crippen LogP contribution in [-0.4, -0.2) is 54.4 Å². The van der Waals surface area contributed by atoms with Crippen LogP contribution in [0.2, 0.25) is 0 Å². The van der Waals surface area contributed by atoms with Crippen molar-refractivity contribution in [3.05, 3.63) is 0 Å². The molecule has 0 aromatic rings. The first-order valence-corrected chi connectivity index (χ1v) is 9.83. The maximum absolute atomic E-state index is 10.3. The topological polar surface area (TPSA) is 47.9 Å². The fourth-order valence-corrected chi connectivity index (χ4v) is 3.70. The summed E-state index contributed by atoms with van der Waals surface area (Å²) >= 11 is 1.54. The molecule has 1 rings (SSSR count). The Labute approximate surface area is 140 Å². The number of ether oxygens (including phenoxy) is 3. The summed E-state index contributed by atoms with van der Waals surface area (Å²) in [6.45, 7) is 9.29. The number of hydrogen-bond donors (Lipinski definition) is 1. The Balaban J connectivity index is 2.48. The summed E-state index contributed by atoms with van der Waals surface area (Å²) in [6.07, 6.45) is 6.20. The van der Waals surface area contributed by atoms with Gasteiger partial charge < -0.3 is 19.3 Å². The van der Waals surface area contributed by atoms with E-state index in [1.54, 1.807) is 0 Å². The van der Waals surface area contributed by atoms with E-state index in [0.717, 1.165) is 51.7 Å². The second-order valence-electron chi connectivity index (χ2n) is 5.87. The molecule has 5 heteroatoms. The molecular weight excluding hydrogens is 300 g/mol. The lowest BCUT2D eigenvalue weighted by Gasteiger charge is -2.25. The van der Waals surface area contributed by atoms with Gasteiger partial charge in [-0.05, 0) is 19.3 Å². The fourth-order valence-electron chi connectivity index (χ4n) is 2.39. The van der Waals surface area contributed by atoms with Gasteiger partial charge in [0.1, 0.15) is 17.6 Å². The molecule has 0 amide bonds. The smallest absolute Gasteiger partial charge is 0.128 e. The van der Waals surface area contributed by atoms with Crippen LogP contribution in [0.4, 0.5) is 0 Å². The van der Waals surface area contributed by atoms with Gasteiger partial charge in [0.25, 0.3) is 0 Å². The first-order chi connectivity index (χ1) is 10.7. The lowest BCUT2D eigenvalue weighted by atomic mass is 10.1. The standard InChI is InChI=1S/C17H34O4S/c1-4-7-10-19-13-14-15(20-11-8-5-2)16(17(18)22-14)21-12-9-6-3/h14-18H,4-13H2,1-3H3/t14-,15-,16-,17+/m1/s1. The van der Waals surface area contributed by atoms with E-state index in [1.165, 1.54) is 11.8 Å². The molecule has 4 nitrogen and oxygen atoms in total. The molecule has 0 saturated carbocycles. The lowest BCUT2D eigenvalue weighted by Crippen LogP contribution is -2.39. The van der Waals surface area contributed by atoms with Crippen molar-refractivity contribution in [1.82, 2.24) is 0 Å². The molecule has 1 aliphatic heterocycles. The molecule has 0 radical (unpaired) electrons. The highest BCUT2D eigenvalue weighted by atomic mass is 32.2. The summed E-state index contributed by atoms with van der Waals surface area (Å²) < 4.78 is 17.7. The Morgan fingerprint density at radius 2 is 1.36 bits per heavy atom. The number of thioether (sulfide) groups is 1. The molecule has 0 aromatic heterocycles. The first-order valence-electron chi connectivity index (χ1n) is 8.89. The molecule has 4 atom stereocenters. The molecule has 132 valence electrons. The van der Waals surface area contributed by atoms with Crippen molar-refractivity contribution >= 4 is 11.8 Å². The second kappa shape index (κ2) is 12.6. The van der Waals surface area contributed by atoms with E-state index in [2.05, 4.69) is 20.8 Å². The second-order valence-corrected chi connectivity index (χ2v) is 7.23. The molecule has 1 N–H and O–H groups in total. The molecule has 1 heterocycles. The average Bonchev–Trinajstić information content (AvgIpc) is 2.80. The Morgan fingerprint density at radius 1 is 0.818 bits per heavy atom. The largest absolute Gasteiger partial charge is 0.380 e. The minimum Gasteiger partial charge on any atom is -0.380 e. The Morgan fingerprint density at radius 3 is 1.95 bits per heavy atom. The quantitative estimate of drug-likeness (QED) is 0.521. The highest BCUT2D eigenvalue weighted by Gasteiger charge is 2.45. The van der Waals surface area contributed by atoms with Crippen LogP contribution in [0.15, 0.2) is 0 Å². The van der Waals surface area contributed by atoms with Crippen molar-refractivity contribution in [3.8, 4) is 0 Å². The number of unbranched alkanes of at least 4 members (excludes halogenated alkanes) is 3. The molecule has 0 bridgehead atoms. The van der Waals surface area contributed by atoms with Gasteiger partial charge in [0, 0.05) is 19.8 Å². The van der Waals surface area contributed by atoms with Gasteiger partial charge >= 0.3 is 0 Å². The van der Waals surface area contributed by atoms with Gasteiger partial charge in [-0.2, -0.15) is 0 Å². The van der Waals surface area contributed by atoms with Crippen LogP contribution in [0.3, 0.4) is 0 Å². The van der Waals surface area contributed by atoms with E-state index in [-0.39, 0.29) is 17.5 Å². The van der Waals surface area contributed by atoms with Crippen molar-refractivity contribution in [2.45, 2.75) is 82.2 Å². The summed E-state index contributed by atoms with van der Waals surface area (Å²) in [7, 11) is 0. The molecule has 22 heavy (non-hydrogen) atoms. The molecule has 1 fully saturated rings. The monoisotopic (exact) mass is 334 g/mol. The van der Waals surface area contributed by atoms with Crippen molar-refractivity contribution in [1.29, 1.82) is 0 Å². The molecule has 1 saturated heterocycles. The summed E-state index contributed by atoms with van der Waals surface area (Å²) in [4.78, 5) is 0. The van der Waals surface area contributed by atoms with Crippen LogP contribution in [0.5, 0.6) is 0 Å². The number of hydrogen-bond acceptors (Lipinski definition) is 5. The van der Waals surface area contributed by atoms with Crippen LogP contribution in [0.25, 0.3) is 0 Å². The highest BCUT2D eigenvalue weighted by Crippen LogP contribution is 2.37. The summed E-state index contributed by atoms with van der Waals surface area (Å²) in [6, 6.07) is 0. The third kappa shape index (κ3) is 7.18. The van der Waals surface area contributed by atoms with E-state index in [4.69, 9.17) is 14.2 Å². The normalized spacial score (nSPS) is 28.4. The van der Waals surface area contributed by atoms with E-state index < -0.39 is 5.44 Å². The van der Waals surface area contributed by atoms with Crippen LogP contribution >= 0.6 is 11.8 Å². The maximum Gasteiger partial charge on any atom is 0.128 e. The number of aliphatic hydroxyl groups is 1. The fraction of sp³-hybridized carbons (Fsp3) is 1.00. The maximum atomic E-state index is 10.3. The van der Waals surface area contributed by atoms with Crippen molar-refractivity contribution < 1.29 is 19.3 Å². The first kappa shape index (κ1) is 20.2. The Hall–Kier alpha value is 0.190. The molecule has 1 aliphatic rings. The molecule has 0 aromatic carbocycles.